The molecule has 0 aliphatic heterocycles. The van der Waals surface area contributed by atoms with Crippen LogP contribution in [0.4, 0.5) is 5.13 Å². The summed E-state index contributed by atoms with van der Waals surface area (Å²) >= 11 is 1.43. The molecule has 1 N–H and O–H groups in total. The monoisotopic (exact) mass is 287 g/mol. The van der Waals surface area contributed by atoms with Crippen molar-refractivity contribution in [2.75, 3.05) is 5.32 Å². The first-order valence-electron chi connectivity index (χ1n) is 6.76. The highest BCUT2D eigenvalue weighted by Crippen LogP contribution is 2.39. The van der Waals surface area contributed by atoms with E-state index in [1.807, 2.05) is 0 Å². The number of nitrogens with zero attached hydrogens (tertiary/aromatic N) is 2. The molecule has 1 amide bonds. The average Bonchev–Trinajstić information content (AvgIpc) is 2.95. The molecule has 1 fully saturated rings. The fraction of sp³-hybridized carbons (Fsp3) is 0.400. The van der Waals surface area contributed by atoms with Crippen LogP contribution in [-0.4, -0.2) is 16.1 Å². The zero-order valence-electron chi connectivity index (χ0n) is 11.8. The molecule has 1 heterocycles. The van der Waals surface area contributed by atoms with Gasteiger partial charge in [0.1, 0.15) is 5.01 Å². The van der Waals surface area contributed by atoms with Crippen molar-refractivity contribution in [1.82, 2.24) is 10.2 Å². The lowest BCUT2D eigenvalue weighted by Gasteiger charge is -2.02. The van der Waals surface area contributed by atoms with Crippen molar-refractivity contribution in [3.05, 3.63) is 29.3 Å². The van der Waals surface area contributed by atoms with E-state index in [-0.39, 0.29) is 11.8 Å². The minimum absolute atomic E-state index is 0.0702. The molecule has 3 rings (SSSR count). The first kappa shape index (κ1) is 13.2. The van der Waals surface area contributed by atoms with Crippen LogP contribution < -0.4 is 5.32 Å². The van der Waals surface area contributed by atoms with Crippen molar-refractivity contribution in [2.24, 2.45) is 11.8 Å². The first-order valence-corrected chi connectivity index (χ1v) is 7.58. The fourth-order valence-electron chi connectivity index (χ4n) is 2.32. The van der Waals surface area contributed by atoms with Crippen LogP contribution in [0.2, 0.25) is 0 Å². The van der Waals surface area contributed by atoms with E-state index in [2.05, 4.69) is 54.5 Å². The lowest BCUT2D eigenvalue weighted by Crippen LogP contribution is -2.14. The van der Waals surface area contributed by atoms with Gasteiger partial charge in [0.25, 0.3) is 0 Å². The summed E-state index contributed by atoms with van der Waals surface area (Å²) in [5.41, 5.74) is 3.48. The van der Waals surface area contributed by atoms with Gasteiger partial charge in [-0.15, -0.1) is 10.2 Å². The smallest absolute Gasteiger partial charge is 0.229 e. The van der Waals surface area contributed by atoms with Crippen LogP contribution in [0.25, 0.3) is 10.6 Å². The number of hydrogen-bond donors (Lipinski definition) is 1. The Bertz CT molecular complexity index is 665. The topological polar surface area (TPSA) is 54.9 Å². The molecule has 0 bridgehead atoms. The molecule has 20 heavy (non-hydrogen) atoms. The number of benzene rings is 1. The summed E-state index contributed by atoms with van der Waals surface area (Å²) in [5.74, 6) is 0.728. The Hall–Kier alpha value is -1.75. The summed E-state index contributed by atoms with van der Waals surface area (Å²) in [7, 11) is 0. The first-order chi connectivity index (χ1) is 9.54. The number of hydrogen-bond acceptors (Lipinski definition) is 4. The van der Waals surface area contributed by atoms with Gasteiger partial charge in [0, 0.05) is 11.5 Å². The number of rotatable bonds is 3. The van der Waals surface area contributed by atoms with Crippen LogP contribution in [0.15, 0.2) is 18.2 Å². The van der Waals surface area contributed by atoms with E-state index in [4.69, 9.17) is 0 Å². The molecule has 0 unspecified atom stereocenters. The van der Waals surface area contributed by atoms with Crippen molar-refractivity contribution in [1.29, 1.82) is 0 Å². The molecule has 1 aromatic carbocycles. The summed E-state index contributed by atoms with van der Waals surface area (Å²) in [6.45, 7) is 6.22. The molecule has 2 atom stereocenters. The zero-order chi connectivity index (χ0) is 14.3. The molecular weight excluding hydrogens is 270 g/mol. The summed E-state index contributed by atoms with van der Waals surface area (Å²) in [4.78, 5) is 11.9. The summed E-state index contributed by atoms with van der Waals surface area (Å²) in [6, 6.07) is 6.24. The van der Waals surface area contributed by atoms with Gasteiger partial charge in [-0.1, -0.05) is 42.0 Å². The Morgan fingerprint density at radius 3 is 2.75 bits per heavy atom. The zero-order valence-corrected chi connectivity index (χ0v) is 12.6. The van der Waals surface area contributed by atoms with Gasteiger partial charge in [-0.05, 0) is 31.7 Å². The van der Waals surface area contributed by atoms with Crippen molar-refractivity contribution in [3.63, 3.8) is 0 Å². The van der Waals surface area contributed by atoms with Crippen molar-refractivity contribution >= 4 is 22.4 Å². The quantitative estimate of drug-likeness (QED) is 0.941. The summed E-state index contributed by atoms with van der Waals surface area (Å²) in [5, 5.41) is 12.5. The Morgan fingerprint density at radius 1 is 1.35 bits per heavy atom. The van der Waals surface area contributed by atoms with Gasteiger partial charge in [0.05, 0.1) is 0 Å². The van der Waals surface area contributed by atoms with Crippen molar-refractivity contribution < 1.29 is 4.79 Å². The van der Waals surface area contributed by atoms with Gasteiger partial charge in [0.2, 0.25) is 11.0 Å². The summed E-state index contributed by atoms with van der Waals surface area (Å²) < 4.78 is 0. The second-order valence-corrected chi connectivity index (χ2v) is 6.52. The van der Waals surface area contributed by atoms with Crippen LogP contribution in [-0.2, 0) is 4.79 Å². The standard InChI is InChI=1S/C15H17N3OS/c1-8-4-5-11(9(2)6-8)14-17-18-15(20-14)16-13(19)12-7-10(12)3/h4-6,10,12H,7H2,1-3H3,(H,16,18,19)/t10-,12+/m0/s1. The Kier molecular flexibility index (Phi) is 3.30. The lowest BCUT2D eigenvalue weighted by atomic mass is 10.1. The van der Waals surface area contributed by atoms with E-state index in [0.717, 1.165) is 17.0 Å². The van der Waals surface area contributed by atoms with E-state index in [1.54, 1.807) is 0 Å². The normalized spacial score (nSPS) is 20.8. The number of aryl methyl sites for hydroxylation is 2. The second kappa shape index (κ2) is 4.98. The number of anilines is 1. The van der Waals surface area contributed by atoms with Gasteiger partial charge >= 0.3 is 0 Å². The molecule has 104 valence electrons. The largest absolute Gasteiger partial charge is 0.300 e. The van der Waals surface area contributed by atoms with Crippen molar-refractivity contribution in [3.8, 4) is 10.6 Å². The van der Waals surface area contributed by atoms with Crippen LogP contribution in [0, 0.1) is 25.7 Å². The van der Waals surface area contributed by atoms with Gasteiger partial charge in [-0.25, -0.2) is 0 Å². The Labute approximate surface area is 122 Å². The second-order valence-electron chi connectivity index (χ2n) is 5.54. The highest BCUT2D eigenvalue weighted by Gasteiger charge is 2.39. The molecule has 2 aromatic rings. The molecule has 0 radical (unpaired) electrons. The number of aromatic nitrogens is 2. The molecule has 4 nitrogen and oxygen atoms in total. The third-order valence-electron chi connectivity index (χ3n) is 3.71. The van der Waals surface area contributed by atoms with Gasteiger partial charge < -0.3 is 5.32 Å². The van der Waals surface area contributed by atoms with Crippen LogP contribution in [0.1, 0.15) is 24.5 Å². The van der Waals surface area contributed by atoms with E-state index in [9.17, 15) is 4.79 Å². The maximum Gasteiger partial charge on any atom is 0.229 e. The van der Waals surface area contributed by atoms with Gasteiger partial charge in [0.15, 0.2) is 0 Å². The minimum Gasteiger partial charge on any atom is -0.300 e. The molecule has 0 saturated heterocycles. The van der Waals surface area contributed by atoms with E-state index >= 15 is 0 Å². The molecule has 0 spiro atoms. The maximum absolute atomic E-state index is 11.9. The van der Waals surface area contributed by atoms with Crippen LogP contribution in [0.3, 0.4) is 0 Å². The van der Waals surface area contributed by atoms with Gasteiger partial charge in [-0.2, -0.15) is 0 Å². The highest BCUT2D eigenvalue weighted by atomic mass is 32.1. The molecular formula is C15H17N3OS. The molecule has 1 aliphatic carbocycles. The number of carbonyl (C=O) groups excluding carboxylic acids is 1. The maximum atomic E-state index is 11.9. The van der Waals surface area contributed by atoms with E-state index in [0.29, 0.717) is 11.0 Å². The van der Waals surface area contributed by atoms with Gasteiger partial charge in [-0.3, -0.25) is 4.79 Å². The summed E-state index contributed by atoms with van der Waals surface area (Å²) in [6.07, 6.45) is 0.981. The molecule has 1 aromatic heterocycles. The molecule has 5 heteroatoms. The number of nitrogens with one attached hydrogen (secondary N) is 1. The predicted molar refractivity (Wildman–Crippen MR) is 80.7 cm³/mol. The fourth-order valence-corrected chi connectivity index (χ4v) is 3.16. The van der Waals surface area contributed by atoms with Crippen LogP contribution >= 0.6 is 11.3 Å². The SMILES string of the molecule is Cc1ccc(-c2nnc(NC(=O)[C@@H]3C[C@@H]3C)s2)c(C)c1. The molecule has 1 aliphatic rings. The average molecular weight is 287 g/mol. The lowest BCUT2D eigenvalue weighted by molar-refractivity contribution is -0.117. The Balaban J connectivity index is 1.78. The molecule has 1 saturated carbocycles. The minimum atomic E-state index is 0.0702. The highest BCUT2D eigenvalue weighted by molar-refractivity contribution is 7.18. The van der Waals surface area contributed by atoms with Crippen molar-refractivity contribution in [2.45, 2.75) is 27.2 Å². The third kappa shape index (κ3) is 2.58. The van der Waals surface area contributed by atoms with Crippen LogP contribution in [0.5, 0.6) is 0 Å². The van der Waals surface area contributed by atoms with E-state index < -0.39 is 0 Å². The Morgan fingerprint density at radius 2 is 2.10 bits per heavy atom. The number of amides is 1. The third-order valence-corrected chi connectivity index (χ3v) is 4.59. The number of carbonyl (C=O) groups is 1. The predicted octanol–water partition coefficient (Wildman–Crippen LogP) is 3.42. The van der Waals surface area contributed by atoms with E-state index in [1.165, 1.54) is 22.5 Å².